The fourth-order valence-corrected chi connectivity index (χ4v) is 0.593. The summed E-state index contributed by atoms with van der Waals surface area (Å²) >= 11 is 4.54. The molecule has 4 N–H and O–H groups in total. The Morgan fingerprint density at radius 2 is 1.27 bits per heavy atom. The Morgan fingerprint density at radius 3 is 1.40 bits per heavy atom. The van der Waals surface area contributed by atoms with Gasteiger partial charge in [0.1, 0.15) is 12.2 Å². The van der Waals surface area contributed by atoms with Crippen LogP contribution in [0, 0.1) is 0 Å². The molecule has 6 nitrogen and oxygen atoms in total. The van der Waals surface area contributed by atoms with Crippen molar-refractivity contribution in [1.82, 2.24) is 0 Å². The summed E-state index contributed by atoms with van der Waals surface area (Å²) in [5.41, 5.74) is 7.83. The van der Waals surface area contributed by atoms with Crippen molar-refractivity contribution in [2.75, 3.05) is 0 Å². The van der Waals surface area contributed by atoms with Gasteiger partial charge in [0.2, 0.25) is 0 Å². The zero-order valence-electron chi connectivity index (χ0n) is 7.49. The molecule has 0 aromatic heterocycles. The standard InChI is InChI=1S/C6H5.2CH3NO2.Ni/c1-2-4-6-5-3-1;2*2-1(3)4;/h1-5H;2*2H2,(H,3,4);/q;;;+2/p-2. The fraction of sp³-hybridized carbons (Fsp3) is 0. The zero-order valence-corrected chi connectivity index (χ0v) is 8.48. The second kappa shape index (κ2) is 10.3. The Balaban J connectivity index is 0. The van der Waals surface area contributed by atoms with E-state index in [1.54, 1.807) is 0 Å². The summed E-state index contributed by atoms with van der Waals surface area (Å²) in [7, 11) is 0. The fourth-order valence-electron chi connectivity index (χ4n) is 0.403. The van der Waals surface area contributed by atoms with Gasteiger partial charge in [-0.15, -0.1) is 0 Å². The molecule has 2 amide bonds. The third kappa shape index (κ3) is 32.9. The van der Waals surface area contributed by atoms with Crippen molar-refractivity contribution in [3.05, 3.63) is 30.3 Å². The van der Waals surface area contributed by atoms with Crippen LogP contribution in [0.15, 0.2) is 30.3 Å². The van der Waals surface area contributed by atoms with Crippen LogP contribution < -0.4 is 26.2 Å². The van der Waals surface area contributed by atoms with E-state index in [0.717, 1.165) is 4.53 Å². The number of carbonyl (C=O) groups is 2. The molecular formula is C8H9N2NiO4. The molecule has 0 fully saturated rings. The van der Waals surface area contributed by atoms with Crippen LogP contribution in [0.4, 0.5) is 9.59 Å². The number of carboxylic acid groups (broad SMARTS) is 2. The molecule has 0 aliphatic carbocycles. The molecule has 0 unspecified atom stereocenters. The van der Waals surface area contributed by atoms with E-state index in [-0.39, 0.29) is 0 Å². The first kappa shape index (κ1) is 15.7. The van der Waals surface area contributed by atoms with Crippen molar-refractivity contribution < 1.29 is 35.3 Å². The Labute approximate surface area is 94.3 Å². The third-order valence-electron chi connectivity index (χ3n) is 0.713. The number of primary amides is 2. The van der Waals surface area contributed by atoms with Crippen molar-refractivity contribution in [3.63, 3.8) is 0 Å². The van der Waals surface area contributed by atoms with E-state index in [9.17, 15) is 0 Å². The predicted octanol–water partition coefficient (Wildman–Crippen LogP) is -2.56. The Bertz CT molecular complexity index is 272. The van der Waals surface area contributed by atoms with Gasteiger partial charge in [0, 0.05) is 0 Å². The van der Waals surface area contributed by atoms with Gasteiger partial charge in [0.15, 0.2) is 0 Å². The summed E-state index contributed by atoms with van der Waals surface area (Å²) in [5, 5.41) is 17.3. The summed E-state index contributed by atoms with van der Waals surface area (Å²) in [6.07, 6.45) is -3.17. The van der Waals surface area contributed by atoms with Crippen molar-refractivity contribution in [1.29, 1.82) is 0 Å². The minimum atomic E-state index is -1.58. The Kier molecular flexibility index (Phi) is 10.8. The van der Waals surface area contributed by atoms with Crippen molar-refractivity contribution in [2.45, 2.75) is 0 Å². The van der Waals surface area contributed by atoms with E-state index in [0.29, 0.717) is 0 Å². The van der Waals surface area contributed by atoms with Crippen LogP contribution in [-0.2, 0) is 15.5 Å². The van der Waals surface area contributed by atoms with Gasteiger partial charge in [-0.25, -0.2) is 0 Å². The van der Waals surface area contributed by atoms with Gasteiger partial charge in [-0.1, -0.05) is 0 Å². The van der Waals surface area contributed by atoms with Gasteiger partial charge in [0.25, 0.3) is 0 Å². The molecule has 0 radical (unpaired) electrons. The number of hydrogen-bond acceptors (Lipinski definition) is 4. The molecule has 0 saturated heterocycles. The molecular weight excluding hydrogens is 247 g/mol. The van der Waals surface area contributed by atoms with Gasteiger partial charge in [-0.2, -0.15) is 0 Å². The van der Waals surface area contributed by atoms with Crippen LogP contribution in [-0.4, -0.2) is 12.2 Å². The van der Waals surface area contributed by atoms with E-state index in [4.69, 9.17) is 19.8 Å². The quantitative estimate of drug-likeness (QED) is 0.493. The van der Waals surface area contributed by atoms with Gasteiger partial charge in [0.05, 0.1) is 0 Å². The predicted molar refractivity (Wildman–Crippen MR) is 45.2 cm³/mol. The summed E-state index contributed by atoms with van der Waals surface area (Å²) < 4.78 is 0.947. The van der Waals surface area contributed by atoms with E-state index in [1.165, 1.54) is 0 Å². The third-order valence-corrected chi connectivity index (χ3v) is 1.04. The zero-order chi connectivity index (χ0) is 12.3. The van der Waals surface area contributed by atoms with Crippen LogP contribution in [0.3, 0.4) is 0 Å². The molecule has 0 bridgehead atoms. The van der Waals surface area contributed by atoms with Crippen molar-refractivity contribution in [3.8, 4) is 0 Å². The van der Waals surface area contributed by atoms with Gasteiger partial charge < -0.3 is 31.3 Å². The van der Waals surface area contributed by atoms with Crippen LogP contribution in [0.1, 0.15) is 0 Å². The maximum absolute atomic E-state index is 8.67. The normalized spacial score (nSPS) is 7.27. The average Bonchev–Trinajstić information content (AvgIpc) is 2.03. The molecule has 0 aliphatic rings. The number of hydrogen-bond donors (Lipinski definition) is 2. The molecule has 1 aromatic carbocycles. The number of benzene rings is 1. The first-order valence-corrected chi connectivity index (χ1v) is 3.96. The molecule has 1 aromatic rings. The molecule has 0 saturated carbocycles. The minimum absolute atomic E-state index is 0.947. The first-order valence-electron chi connectivity index (χ1n) is 3.46. The van der Waals surface area contributed by atoms with E-state index in [1.807, 2.05) is 30.3 Å². The molecule has 0 spiro atoms. The maximum atomic E-state index is 8.67. The second-order valence-corrected chi connectivity index (χ2v) is 2.47. The Morgan fingerprint density at radius 1 is 1.00 bits per heavy atom. The summed E-state index contributed by atoms with van der Waals surface area (Å²) in [6.45, 7) is 0. The molecule has 1 rings (SSSR count). The summed E-state index contributed by atoms with van der Waals surface area (Å²) in [4.78, 5) is 17.3. The molecule has 0 aliphatic heterocycles. The molecule has 15 heavy (non-hydrogen) atoms. The number of amides is 2. The Hall–Kier alpha value is -1.75. The second-order valence-electron chi connectivity index (χ2n) is 1.90. The first-order chi connectivity index (χ1) is 6.86. The number of rotatable bonds is 0. The van der Waals surface area contributed by atoms with Crippen LogP contribution in [0.2, 0.25) is 0 Å². The van der Waals surface area contributed by atoms with Crippen LogP contribution in [0.25, 0.3) is 0 Å². The SMILES string of the molecule is NC(=O)[O-].NC(=O)[O-].[Ni+2][c]1ccccc1. The molecule has 0 heterocycles. The average molecular weight is 256 g/mol. The molecule has 85 valence electrons. The van der Waals surface area contributed by atoms with Crippen molar-refractivity contribution >= 4 is 16.7 Å². The number of carbonyl (C=O) groups excluding carboxylic acids is 2. The van der Waals surface area contributed by atoms with Gasteiger partial charge in [-0.05, 0) is 0 Å². The summed E-state index contributed by atoms with van der Waals surface area (Å²) in [6, 6.07) is 9.68. The van der Waals surface area contributed by atoms with Crippen molar-refractivity contribution in [2.24, 2.45) is 11.5 Å². The van der Waals surface area contributed by atoms with E-state index >= 15 is 0 Å². The monoisotopic (exact) mass is 255 g/mol. The summed E-state index contributed by atoms with van der Waals surface area (Å²) in [5.74, 6) is 0. The van der Waals surface area contributed by atoms with Gasteiger partial charge >= 0.3 is 50.3 Å². The van der Waals surface area contributed by atoms with Crippen LogP contribution >= 0.6 is 0 Å². The van der Waals surface area contributed by atoms with E-state index < -0.39 is 12.2 Å². The van der Waals surface area contributed by atoms with E-state index in [2.05, 4.69) is 26.9 Å². The molecule has 7 heteroatoms. The molecule has 0 atom stereocenters. The number of nitrogens with two attached hydrogens (primary N) is 2. The van der Waals surface area contributed by atoms with Crippen LogP contribution in [0.5, 0.6) is 0 Å². The van der Waals surface area contributed by atoms with Gasteiger partial charge in [-0.3, -0.25) is 0 Å². The topological polar surface area (TPSA) is 132 Å².